The molecule has 1 aromatic rings. The molecular formula is C8H8IO2Zn. The molecule has 0 fully saturated rings. The van der Waals surface area contributed by atoms with E-state index in [1.165, 1.54) is 0 Å². The summed E-state index contributed by atoms with van der Waals surface area (Å²) in [5.41, 5.74) is 0.626. The third-order valence-electron chi connectivity index (χ3n) is 1.24. The van der Waals surface area contributed by atoms with Gasteiger partial charge in [-0.05, 0) is 0 Å². The number of ether oxygens (including phenoxy) is 1. The zero-order chi connectivity index (χ0) is 8.10. The van der Waals surface area contributed by atoms with Crippen LogP contribution in [-0.2, 0) is 23.0 Å². The van der Waals surface area contributed by atoms with Crippen molar-refractivity contribution in [2.75, 3.05) is 5.20 Å². The number of rotatable bonds is 2. The molecule has 0 aliphatic heterocycles. The van der Waals surface area contributed by atoms with Gasteiger partial charge in [0.15, 0.2) is 0 Å². The fourth-order valence-electron chi connectivity index (χ4n) is 0.750. The summed E-state index contributed by atoms with van der Waals surface area (Å²) < 4.78 is 4.84. The Kier molecular flexibility index (Phi) is 6.57. The van der Waals surface area contributed by atoms with Crippen molar-refractivity contribution in [3.8, 4) is 0 Å². The third kappa shape index (κ3) is 3.63. The Morgan fingerprint density at radius 1 is 1.33 bits per heavy atom. The van der Waals surface area contributed by atoms with Gasteiger partial charge in [0.1, 0.15) is 0 Å². The van der Waals surface area contributed by atoms with E-state index < -0.39 is 0 Å². The molecule has 0 spiro atoms. The molecule has 12 heavy (non-hydrogen) atoms. The topological polar surface area (TPSA) is 26.3 Å². The third-order valence-corrected chi connectivity index (χ3v) is 1.67. The van der Waals surface area contributed by atoms with Crippen LogP contribution >= 0.6 is 24.0 Å². The van der Waals surface area contributed by atoms with Crippen LogP contribution in [0.1, 0.15) is 10.4 Å². The second-order valence-electron chi connectivity index (χ2n) is 2.00. The fourth-order valence-corrected chi connectivity index (χ4v) is 1.14. The van der Waals surface area contributed by atoms with Crippen LogP contribution in [0.4, 0.5) is 0 Å². The van der Waals surface area contributed by atoms with E-state index >= 15 is 0 Å². The van der Waals surface area contributed by atoms with E-state index in [0.717, 1.165) is 18.3 Å². The first-order chi connectivity index (χ1) is 5.34. The molecule has 61 valence electrons. The predicted octanol–water partition coefficient (Wildman–Crippen LogP) is 1.97. The monoisotopic (exact) mass is 327 g/mol. The normalized spacial score (nSPS) is 8.50. The Balaban J connectivity index is 0.00000121. The molecule has 0 heterocycles. The maximum absolute atomic E-state index is 11.0. The Labute approximate surface area is 98.4 Å². The molecule has 0 unspecified atom stereocenters. The summed E-state index contributed by atoms with van der Waals surface area (Å²) >= 11 is 0.985. The Hall–Kier alpha value is 0.0434. The number of esters is 1. The fraction of sp³-hybridized carbons (Fsp3) is 0.125. The van der Waals surface area contributed by atoms with E-state index in [1.54, 1.807) is 12.1 Å². The Morgan fingerprint density at radius 2 is 1.92 bits per heavy atom. The number of hydrogen-bond donors (Lipinski definition) is 0. The van der Waals surface area contributed by atoms with Crippen molar-refractivity contribution in [3.05, 3.63) is 35.9 Å². The van der Waals surface area contributed by atoms with Gasteiger partial charge in [0, 0.05) is 0 Å². The van der Waals surface area contributed by atoms with Crippen LogP contribution in [0, 0.1) is 0 Å². The molecule has 0 bridgehead atoms. The molecule has 1 rings (SSSR count). The van der Waals surface area contributed by atoms with E-state index in [-0.39, 0.29) is 29.9 Å². The van der Waals surface area contributed by atoms with Crippen molar-refractivity contribution in [2.45, 2.75) is 0 Å². The number of hydrogen-bond acceptors (Lipinski definition) is 2. The molecule has 0 saturated heterocycles. The summed E-state index contributed by atoms with van der Waals surface area (Å²) in [7, 11) is 0. The minimum absolute atomic E-state index is 0. The van der Waals surface area contributed by atoms with E-state index in [4.69, 9.17) is 4.74 Å². The molecule has 0 saturated carbocycles. The maximum atomic E-state index is 11.0. The molecule has 0 atom stereocenters. The van der Waals surface area contributed by atoms with Crippen LogP contribution in [0.3, 0.4) is 0 Å². The first-order valence-corrected chi connectivity index (χ1v) is 5.46. The molecule has 4 heteroatoms. The summed E-state index contributed by atoms with van der Waals surface area (Å²) in [5, 5.41) is 0.549. The summed E-state index contributed by atoms with van der Waals surface area (Å²) in [6.07, 6.45) is 0. The van der Waals surface area contributed by atoms with Gasteiger partial charge in [-0.25, -0.2) is 0 Å². The Bertz CT molecular complexity index is 238. The predicted molar refractivity (Wildman–Crippen MR) is 52.1 cm³/mol. The molecule has 0 N–H and O–H groups in total. The first-order valence-electron chi connectivity index (χ1n) is 3.36. The second-order valence-corrected chi connectivity index (χ2v) is 2.86. The van der Waals surface area contributed by atoms with Gasteiger partial charge in [0.25, 0.3) is 0 Å². The van der Waals surface area contributed by atoms with Gasteiger partial charge in [-0.15, -0.1) is 24.0 Å². The molecule has 1 aromatic carbocycles. The van der Waals surface area contributed by atoms with Crippen LogP contribution in [0.2, 0.25) is 0 Å². The average Bonchev–Trinajstić information content (AvgIpc) is 2.07. The van der Waals surface area contributed by atoms with Gasteiger partial charge in [0.05, 0.1) is 0 Å². The molecular weight excluding hydrogens is 320 g/mol. The van der Waals surface area contributed by atoms with Crippen molar-refractivity contribution >= 4 is 29.9 Å². The standard InChI is InChI=1S/C8H7O2.HI.Zn/c1-10-8(9)7-5-3-2-4-6-7;;/h2-6H,1H2;1H;. The van der Waals surface area contributed by atoms with E-state index in [0.29, 0.717) is 10.8 Å². The van der Waals surface area contributed by atoms with Crippen molar-refractivity contribution in [3.63, 3.8) is 0 Å². The summed E-state index contributed by atoms with van der Waals surface area (Å²) in [5.74, 6) is -0.225. The summed E-state index contributed by atoms with van der Waals surface area (Å²) in [6.45, 7) is 0. The molecule has 0 aliphatic rings. The van der Waals surface area contributed by atoms with Crippen molar-refractivity contribution < 1.29 is 27.8 Å². The number of benzene rings is 1. The molecule has 0 aromatic heterocycles. The number of halogens is 1. The van der Waals surface area contributed by atoms with Crippen LogP contribution in [0.5, 0.6) is 0 Å². The quantitative estimate of drug-likeness (QED) is 0.471. The van der Waals surface area contributed by atoms with Crippen molar-refractivity contribution in [2.24, 2.45) is 0 Å². The number of carbonyl (C=O) groups is 1. The molecule has 0 radical (unpaired) electrons. The molecule has 0 amide bonds. The molecule has 0 aliphatic carbocycles. The van der Waals surface area contributed by atoms with Crippen LogP contribution in [0.15, 0.2) is 30.3 Å². The van der Waals surface area contributed by atoms with E-state index in [1.807, 2.05) is 18.2 Å². The van der Waals surface area contributed by atoms with Gasteiger partial charge in [0.2, 0.25) is 0 Å². The minimum atomic E-state index is -0.225. The van der Waals surface area contributed by atoms with Gasteiger partial charge >= 0.3 is 74.9 Å². The SMILES string of the molecule is I.O=C(O[CH2][Zn])c1ccccc1. The van der Waals surface area contributed by atoms with Crippen molar-refractivity contribution in [1.82, 2.24) is 0 Å². The van der Waals surface area contributed by atoms with Crippen molar-refractivity contribution in [1.29, 1.82) is 0 Å². The zero-order valence-corrected chi connectivity index (χ0v) is 11.8. The van der Waals surface area contributed by atoms with E-state index in [9.17, 15) is 4.79 Å². The van der Waals surface area contributed by atoms with Crippen LogP contribution in [0.25, 0.3) is 0 Å². The summed E-state index contributed by atoms with van der Waals surface area (Å²) in [4.78, 5) is 11.0. The van der Waals surface area contributed by atoms with Gasteiger partial charge in [-0.2, -0.15) is 0 Å². The van der Waals surface area contributed by atoms with Gasteiger partial charge in [-0.1, -0.05) is 0 Å². The zero-order valence-electron chi connectivity index (χ0n) is 6.53. The van der Waals surface area contributed by atoms with Crippen LogP contribution in [-0.4, -0.2) is 11.2 Å². The summed E-state index contributed by atoms with van der Waals surface area (Å²) in [6, 6.07) is 9.01. The van der Waals surface area contributed by atoms with Gasteiger partial charge < -0.3 is 0 Å². The first kappa shape index (κ1) is 12.0. The molecule has 2 nitrogen and oxygen atoms in total. The average molecular weight is 328 g/mol. The van der Waals surface area contributed by atoms with Gasteiger partial charge in [-0.3, -0.25) is 0 Å². The second kappa shape index (κ2) is 6.55. The van der Waals surface area contributed by atoms with E-state index in [2.05, 4.69) is 0 Å². The van der Waals surface area contributed by atoms with Crippen LogP contribution < -0.4 is 0 Å². The Morgan fingerprint density at radius 3 is 2.42 bits per heavy atom. The number of carbonyl (C=O) groups excluding carboxylic acids is 1.